The van der Waals surface area contributed by atoms with Crippen LogP contribution in [0.4, 0.5) is 11.5 Å². The number of pyridine rings is 1. The molecule has 0 saturated heterocycles. The molecule has 6 nitrogen and oxygen atoms in total. The van der Waals surface area contributed by atoms with Gasteiger partial charge in [-0.25, -0.2) is 10.8 Å². The smallest absolute Gasteiger partial charge is 0.303 e. The standard InChI is InChI=1S/C9H8N4O2/c10-12-9-8(13(14)15)5-6-3-1-2-4-7(6)11-9/h1-5H,10H2,(H,11,12). The first-order valence-corrected chi connectivity index (χ1v) is 4.23. The van der Waals surface area contributed by atoms with Gasteiger partial charge >= 0.3 is 5.69 Å². The third-order valence-corrected chi connectivity index (χ3v) is 2.04. The van der Waals surface area contributed by atoms with E-state index >= 15 is 0 Å². The fraction of sp³-hybridized carbons (Fsp3) is 0. The quantitative estimate of drug-likeness (QED) is 0.438. The number of hydrogen-bond acceptors (Lipinski definition) is 5. The van der Waals surface area contributed by atoms with E-state index in [4.69, 9.17) is 5.84 Å². The number of rotatable bonds is 2. The molecule has 2 aromatic rings. The predicted octanol–water partition coefficient (Wildman–Crippen LogP) is 1.43. The number of anilines is 1. The van der Waals surface area contributed by atoms with E-state index in [0.717, 1.165) is 0 Å². The molecule has 1 heterocycles. The zero-order chi connectivity index (χ0) is 10.8. The van der Waals surface area contributed by atoms with Gasteiger partial charge < -0.3 is 5.43 Å². The molecule has 3 N–H and O–H groups in total. The van der Waals surface area contributed by atoms with Gasteiger partial charge in [0.05, 0.1) is 10.4 Å². The summed E-state index contributed by atoms with van der Waals surface area (Å²) in [7, 11) is 0. The summed E-state index contributed by atoms with van der Waals surface area (Å²) in [4.78, 5) is 14.2. The summed E-state index contributed by atoms with van der Waals surface area (Å²) >= 11 is 0. The number of fused-ring (bicyclic) bond motifs is 1. The maximum atomic E-state index is 10.7. The number of hydrazine groups is 1. The molecule has 0 aliphatic rings. The molecule has 0 bridgehead atoms. The average molecular weight is 204 g/mol. The third kappa shape index (κ3) is 1.57. The molecule has 0 fully saturated rings. The van der Waals surface area contributed by atoms with Crippen molar-refractivity contribution in [3.8, 4) is 0 Å². The van der Waals surface area contributed by atoms with Crippen molar-refractivity contribution in [2.45, 2.75) is 0 Å². The van der Waals surface area contributed by atoms with Crippen molar-refractivity contribution < 1.29 is 4.92 Å². The van der Waals surface area contributed by atoms with Crippen molar-refractivity contribution in [1.29, 1.82) is 0 Å². The summed E-state index contributed by atoms with van der Waals surface area (Å²) in [6.07, 6.45) is 0. The zero-order valence-corrected chi connectivity index (χ0v) is 7.68. The third-order valence-electron chi connectivity index (χ3n) is 2.04. The topological polar surface area (TPSA) is 94.1 Å². The minimum atomic E-state index is -0.519. The second-order valence-corrected chi connectivity index (χ2v) is 2.95. The molecule has 15 heavy (non-hydrogen) atoms. The van der Waals surface area contributed by atoms with Gasteiger partial charge in [0.25, 0.3) is 0 Å². The van der Waals surface area contributed by atoms with Crippen molar-refractivity contribution in [3.05, 3.63) is 40.4 Å². The number of hydrogen-bond donors (Lipinski definition) is 2. The van der Waals surface area contributed by atoms with Crippen molar-refractivity contribution in [2.75, 3.05) is 5.43 Å². The van der Waals surface area contributed by atoms with Gasteiger partial charge in [0, 0.05) is 11.5 Å². The van der Waals surface area contributed by atoms with Crippen LogP contribution in [0.5, 0.6) is 0 Å². The molecule has 6 heteroatoms. The molecular weight excluding hydrogens is 196 g/mol. The number of nitrogen functional groups attached to an aromatic ring is 1. The monoisotopic (exact) mass is 204 g/mol. The highest BCUT2D eigenvalue weighted by molar-refractivity contribution is 5.84. The van der Waals surface area contributed by atoms with Crippen LogP contribution in [-0.4, -0.2) is 9.91 Å². The zero-order valence-electron chi connectivity index (χ0n) is 7.68. The van der Waals surface area contributed by atoms with Crippen molar-refractivity contribution >= 4 is 22.4 Å². The van der Waals surface area contributed by atoms with Gasteiger partial charge in [-0.05, 0) is 6.07 Å². The lowest BCUT2D eigenvalue weighted by Crippen LogP contribution is -2.10. The van der Waals surface area contributed by atoms with E-state index < -0.39 is 4.92 Å². The molecule has 0 aliphatic heterocycles. The Balaban J connectivity index is 2.74. The van der Waals surface area contributed by atoms with E-state index in [-0.39, 0.29) is 11.5 Å². The van der Waals surface area contributed by atoms with Crippen LogP contribution in [0.2, 0.25) is 0 Å². The molecule has 0 amide bonds. The Morgan fingerprint density at radius 1 is 1.40 bits per heavy atom. The fourth-order valence-corrected chi connectivity index (χ4v) is 1.35. The summed E-state index contributed by atoms with van der Waals surface area (Å²) in [5.74, 6) is 5.23. The van der Waals surface area contributed by atoms with Crippen molar-refractivity contribution in [2.24, 2.45) is 5.84 Å². The maximum Gasteiger partial charge on any atom is 0.313 e. The largest absolute Gasteiger partial charge is 0.313 e. The molecular formula is C9H8N4O2. The number of aromatic nitrogens is 1. The van der Waals surface area contributed by atoms with E-state index in [1.807, 2.05) is 6.07 Å². The van der Waals surface area contributed by atoms with E-state index in [1.165, 1.54) is 6.07 Å². The Morgan fingerprint density at radius 3 is 2.80 bits per heavy atom. The molecule has 0 unspecified atom stereocenters. The number of nitro groups is 1. The Hall–Kier alpha value is -2.21. The molecule has 2 rings (SSSR count). The maximum absolute atomic E-state index is 10.7. The normalized spacial score (nSPS) is 10.2. The molecule has 76 valence electrons. The molecule has 0 saturated carbocycles. The lowest BCUT2D eigenvalue weighted by molar-refractivity contribution is -0.384. The highest BCUT2D eigenvalue weighted by Gasteiger charge is 2.15. The second kappa shape index (κ2) is 3.50. The highest BCUT2D eigenvalue weighted by Crippen LogP contribution is 2.25. The minimum Gasteiger partial charge on any atom is -0.303 e. The lowest BCUT2D eigenvalue weighted by Gasteiger charge is -2.02. The van der Waals surface area contributed by atoms with Gasteiger partial charge in [-0.3, -0.25) is 10.1 Å². The molecule has 0 atom stereocenters. The first-order chi connectivity index (χ1) is 7.22. The number of benzene rings is 1. The van der Waals surface area contributed by atoms with Crippen LogP contribution in [0, 0.1) is 10.1 Å². The summed E-state index contributed by atoms with van der Waals surface area (Å²) < 4.78 is 0. The van der Waals surface area contributed by atoms with Crippen LogP contribution in [0.15, 0.2) is 30.3 Å². The highest BCUT2D eigenvalue weighted by atomic mass is 16.6. The van der Waals surface area contributed by atoms with Crippen LogP contribution in [0.3, 0.4) is 0 Å². The Bertz CT molecular complexity index is 527. The molecule has 1 aromatic carbocycles. The van der Waals surface area contributed by atoms with Crippen LogP contribution >= 0.6 is 0 Å². The van der Waals surface area contributed by atoms with Crippen molar-refractivity contribution in [3.63, 3.8) is 0 Å². The van der Waals surface area contributed by atoms with Crippen molar-refractivity contribution in [1.82, 2.24) is 4.98 Å². The molecule has 1 aromatic heterocycles. The van der Waals surface area contributed by atoms with E-state index in [1.54, 1.807) is 18.2 Å². The van der Waals surface area contributed by atoms with E-state index in [2.05, 4.69) is 10.4 Å². The summed E-state index contributed by atoms with van der Waals surface area (Å²) in [5, 5.41) is 11.4. The predicted molar refractivity (Wildman–Crippen MR) is 56.2 cm³/mol. The van der Waals surface area contributed by atoms with Gasteiger partial charge in [0.15, 0.2) is 0 Å². The number of nitrogens with zero attached hydrogens (tertiary/aromatic N) is 2. The van der Waals surface area contributed by atoms with Crippen LogP contribution in [-0.2, 0) is 0 Å². The van der Waals surface area contributed by atoms with Gasteiger partial charge in [0.1, 0.15) is 0 Å². The number of nitrogens with two attached hydrogens (primary N) is 1. The second-order valence-electron chi connectivity index (χ2n) is 2.95. The van der Waals surface area contributed by atoms with Crippen LogP contribution < -0.4 is 11.3 Å². The van der Waals surface area contributed by atoms with E-state index in [9.17, 15) is 10.1 Å². The first kappa shape index (κ1) is 9.35. The SMILES string of the molecule is NNc1nc2ccccc2cc1[N+](=O)[O-]. The molecule has 0 aliphatic carbocycles. The van der Waals surface area contributed by atoms with E-state index in [0.29, 0.717) is 10.9 Å². The number of para-hydroxylation sites is 1. The fourth-order valence-electron chi connectivity index (χ4n) is 1.35. The van der Waals surface area contributed by atoms with Gasteiger partial charge in [-0.15, -0.1) is 0 Å². The summed E-state index contributed by atoms with van der Waals surface area (Å²) in [6, 6.07) is 8.57. The van der Waals surface area contributed by atoms with Gasteiger partial charge in [0.2, 0.25) is 5.82 Å². The molecule has 0 spiro atoms. The summed E-state index contributed by atoms with van der Waals surface area (Å²) in [6.45, 7) is 0. The minimum absolute atomic E-state index is 0.0682. The van der Waals surface area contributed by atoms with Gasteiger partial charge in [-0.1, -0.05) is 18.2 Å². The Labute approximate surface area is 84.8 Å². The lowest BCUT2D eigenvalue weighted by atomic mass is 10.2. The van der Waals surface area contributed by atoms with Gasteiger partial charge in [-0.2, -0.15) is 0 Å². The Morgan fingerprint density at radius 2 is 2.13 bits per heavy atom. The number of nitrogens with one attached hydrogen (secondary N) is 1. The summed E-state index contributed by atoms with van der Waals surface area (Å²) in [5.41, 5.74) is 2.75. The molecule has 0 radical (unpaired) electrons. The first-order valence-electron chi connectivity index (χ1n) is 4.23. The van der Waals surface area contributed by atoms with Crippen LogP contribution in [0.1, 0.15) is 0 Å². The van der Waals surface area contributed by atoms with Crippen LogP contribution in [0.25, 0.3) is 10.9 Å². The Kier molecular flexibility index (Phi) is 2.18. The average Bonchev–Trinajstić information content (AvgIpc) is 2.27.